The lowest BCUT2D eigenvalue weighted by Gasteiger charge is -2.21. The average Bonchev–Trinajstić information content (AvgIpc) is 3.40. The fourth-order valence-corrected chi connectivity index (χ4v) is 3.74. The smallest absolute Gasteiger partial charge is 0.0348 e. The van der Waals surface area contributed by atoms with Crippen molar-refractivity contribution in [2.24, 2.45) is 11.8 Å². The van der Waals surface area contributed by atoms with E-state index in [9.17, 15) is 0 Å². The Morgan fingerprint density at radius 3 is 2.55 bits per heavy atom. The Kier molecular flexibility index (Phi) is 3.53. The molecule has 0 amide bonds. The molecule has 3 aliphatic rings. The predicted molar refractivity (Wildman–Crippen MR) is 82.6 cm³/mol. The molecule has 0 spiro atoms. The summed E-state index contributed by atoms with van der Waals surface area (Å²) >= 11 is 0. The molecule has 2 aliphatic carbocycles. The Bertz CT molecular complexity index is 436. The maximum atomic E-state index is 3.89. The molecule has 1 heterocycles. The van der Waals surface area contributed by atoms with Gasteiger partial charge in [-0.05, 0) is 62.6 Å². The molecule has 4 rings (SSSR count). The molecule has 0 radical (unpaired) electrons. The Morgan fingerprint density at radius 1 is 1.05 bits per heavy atom. The van der Waals surface area contributed by atoms with Gasteiger partial charge in [-0.15, -0.1) is 0 Å². The van der Waals surface area contributed by atoms with Crippen LogP contribution in [0.25, 0.3) is 0 Å². The monoisotopic (exact) mass is 270 g/mol. The van der Waals surface area contributed by atoms with Crippen LogP contribution in [0.2, 0.25) is 0 Å². The van der Waals surface area contributed by atoms with Crippen LogP contribution >= 0.6 is 0 Å². The molecule has 2 saturated carbocycles. The highest BCUT2D eigenvalue weighted by molar-refractivity contribution is 5.21. The highest BCUT2D eigenvalue weighted by Crippen LogP contribution is 2.41. The van der Waals surface area contributed by atoms with Crippen molar-refractivity contribution in [2.75, 3.05) is 19.6 Å². The highest BCUT2D eigenvalue weighted by Gasteiger charge is 2.36. The van der Waals surface area contributed by atoms with Gasteiger partial charge in [-0.2, -0.15) is 0 Å². The molecule has 0 bridgehead atoms. The highest BCUT2D eigenvalue weighted by atomic mass is 15.2. The molecular weight excluding hydrogens is 244 g/mol. The number of nitrogens with zero attached hydrogens (tertiary/aromatic N) is 1. The predicted octanol–water partition coefficient (Wildman–Crippen LogP) is 3.21. The van der Waals surface area contributed by atoms with Gasteiger partial charge < -0.3 is 10.2 Å². The second kappa shape index (κ2) is 5.50. The first kappa shape index (κ1) is 12.8. The normalized spacial score (nSPS) is 28.7. The van der Waals surface area contributed by atoms with Crippen molar-refractivity contribution in [1.29, 1.82) is 0 Å². The minimum absolute atomic E-state index is 0.603. The minimum atomic E-state index is 0.603. The molecule has 2 nitrogen and oxygen atoms in total. The van der Waals surface area contributed by atoms with E-state index in [1.165, 1.54) is 57.3 Å². The summed E-state index contributed by atoms with van der Waals surface area (Å²) in [5.41, 5.74) is 1.49. The lowest BCUT2D eigenvalue weighted by atomic mass is 10.0. The van der Waals surface area contributed by atoms with E-state index in [2.05, 4.69) is 40.5 Å². The van der Waals surface area contributed by atoms with Gasteiger partial charge in [-0.1, -0.05) is 30.3 Å². The van der Waals surface area contributed by atoms with Gasteiger partial charge in [0.2, 0.25) is 0 Å². The fourth-order valence-electron chi connectivity index (χ4n) is 3.74. The molecule has 1 aromatic carbocycles. The standard InChI is InChI=1S/C18H26N2/c1-2-4-15(5-3-1)18(16-6-7-16)19-12-14-10-11-20(13-14)17-8-9-17/h1-5,14,16-19H,6-13H2. The summed E-state index contributed by atoms with van der Waals surface area (Å²) in [6.45, 7) is 3.89. The molecule has 2 heteroatoms. The molecule has 1 N–H and O–H groups in total. The molecule has 0 aromatic heterocycles. The van der Waals surface area contributed by atoms with E-state index in [4.69, 9.17) is 0 Å². The third-order valence-corrected chi connectivity index (χ3v) is 5.26. The molecular formula is C18H26N2. The van der Waals surface area contributed by atoms with Crippen molar-refractivity contribution < 1.29 is 0 Å². The van der Waals surface area contributed by atoms with Crippen LogP contribution in [0.1, 0.15) is 43.7 Å². The molecule has 20 heavy (non-hydrogen) atoms. The summed E-state index contributed by atoms with van der Waals surface area (Å²) in [6, 6.07) is 12.6. The van der Waals surface area contributed by atoms with Crippen molar-refractivity contribution in [3.05, 3.63) is 35.9 Å². The van der Waals surface area contributed by atoms with Crippen LogP contribution < -0.4 is 5.32 Å². The van der Waals surface area contributed by atoms with E-state index < -0.39 is 0 Å². The van der Waals surface area contributed by atoms with E-state index in [-0.39, 0.29) is 0 Å². The summed E-state index contributed by atoms with van der Waals surface area (Å²) in [5.74, 6) is 1.76. The lowest BCUT2D eigenvalue weighted by Crippen LogP contribution is -2.31. The van der Waals surface area contributed by atoms with Crippen LogP contribution in [-0.2, 0) is 0 Å². The average molecular weight is 270 g/mol. The second-order valence-corrected chi connectivity index (χ2v) is 7.01. The van der Waals surface area contributed by atoms with Gasteiger partial charge in [0.1, 0.15) is 0 Å². The van der Waals surface area contributed by atoms with E-state index in [0.29, 0.717) is 6.04 Å². The molecule has 1 aromatic rings. The summed E-state index contributed by atoms with van der Waals surface area (Å²) < 4.78 is 0. The number of hydrogen-bond donors (Lipinski definition) is 1. The summed E-state index contributed by atoms with van der Waals surface area (Å²) in [5, 5.41) is 3.89. The van der Waals surface area contributed by atoms with Crippen LogP contribution in [0.3, 0.4) is 0 Å². The zero-order valence-electron chi connectivity index (χ0n) is 12.3. The maximum Gasteiger partial charge on any atom is 0.0348 e. The molecule has 1 saturated heterocycles. The van der Waals surface area contributed by atoms with Crippen LogP contribution in [-0.4, -0.2) is 30.6 Å². The molecule has 108 valence electrons. The largest absolute Gasteiger partial charge is 0.309 e. The van der Waals surface area contributed by atoms with Crippen LogP contribution in [0.4, 0.5) is 0 Å². The molecule has 1 aliphatic heterocycles. The van der Waals surface area contributed by atoms with Gasteiger partial charge in [0, 0.05) is 18.6 Å². The molecule has 3 fully saturated rings. The SMILES string of the molecule is c1ccc(C(NCC2CCN(C3CC3)C2)C2CC2)cc1. The van der Waals surface area contributed by atoms with Crippen LogP contribution in [0, 0.1) is 11.8 Å². The Morgan fingerprint density at radius 2 is 1.85 bits per heavy atom. The number of likely N-dealkylation sites (tertiary alicyclic amines) is 1. The minimum Gasteiger partial charge on any atom is -0.309 e. The topological polar surface area (TPSA) is 15.3 Å². The Labute approximate surface area is 122 Å². The van der Waals surface area contributed by atoms with Crippen molar-refractivity contribution in [3.63, 3.8) is 0 Å². The van der Waals surface area contributed by atoms with E-state index in [0.717, 1.165) is 17.9 Å². The quantitative estimate of drug-likeness (QED) is 0.854. The zero-order valence-corrected chi connectivity index (χ0v) is 12.3. The first-order chi connectivity index (χ1) is 9.90. The molecule has 2 unspecified atom stereocenters. The van der Waals surface area contributed by atoms with Crippen LogP contribution in [0.5, 0.6) is 0 Å². The van der Waals surface area contributed by atoms with E-state index in [1.54, 1.807) is 0 Å². The van der Waals surface area contributed by atoms with Gasteiger partial charge in [-0.3, -0.25) is 0 Å². The van der Waals surface area contributed by atoms with Crippen molar-refractivity contribution in [2.45, 2.75) is 44.2 Å². The van der Waals surface area contributed by atoms with Crippen molar-refractivity contribution in [3.8, 4) is 0 Å². The van der Waals surface area contributed by atoms with Gasteiger partial charge in [-0.25, -0.2) is 0 Å². The fraction of sp³-hybridized carbons (Fsp3) is 0.667. The van der Waals surface area contributed by atoms with E-state index in [1.807, 2.05) is 0 Å². The lowest BCUT2D eigenvalue weighted by molar-refractivity contribution is 0.307. The summed E-state index contributed by atoms with van der Waals surface area (Å²) in [4.78, 5) is 2.72. The maximum absolute atomic E-state index is 3.89. The van der Waals surface area contributed by atoms with Crippen LogP contribution in [0.15, 0.2) is 30.3 Å². The Balaban J connectivity index is 1.32. The van der Waals surface area contributed by atoms with Gasteiger partial charge in [0.15, 0.2) is 0 Å². The number of rotatable bonds is 6. The van der Waals surface area contributed by atoms with Crippen molar-refractivity contribution >= 4 is 0 Å². The zero-order chi connectivity index (χ0) is 13.4. The number of benzene rings is 1. The van der Waals surface area contributed by atoms with Gasteiger partial charge in [0.25, 0.3) is 0 Å². The summed E-state index contributed by atoms with van der Waals surface area (Å²) in [6.07, 6.45) is 7.12. The second-order valence-electron chi connectivity index (χ2n) is 7.01. The van der Waals surface area contributed by atoms with Crippen molar-refractivity contribution in [1.82, 2.24) is 10.2 Å². The third kappa shape index (κ3) is 2.91. The first-order valence-corrected chi connectivity index (χ1v) is 8.42. The van der Waals surface area contributed by atoms with E-state index >= 15 is 0 Å². The van der Waals surface area contributed by atoms with Gasteiger partial charge in [0.05, 0.1) is 0 Å². The summed E-state index contributed by atoms with van der Waals surface area (Å²) in [7, 11) is 0. The Hall–Kier alpha value is -0.860. The molecule has 2 atom stereocenters. The van der Waals surface area contributed by atoms with Gasteiger partial charge >= 0.3 is 0 Å². The third-order valence-electron chi connectivity index (χ3n) is 5.26. The first-order valence-electron chi connectivity index (χ1n) is 8.42. The number of nitrogens with one attached hydrogen (secondary N) is 1. The number of hydrogen-bond acceptors (Lipinski definition) is 2.